The van der Waals surface area contributed by atoms with Gasteiger partial charge >= 0.3 is 5.97 Å². The molecule has 1 aliphatic rings. The monoisotopic (exact) mass is 288 g/mol. The first-order valence-electron chi connectivity index (χ1n) is 6.92. The van der Waals surface area contributed by atoms with Crippen molar-refractivity contribution in [1.82, 2.24) is 20.1 Å². The van der Waals surface area contributed by atoms with E-state index in [0.717, 1.165) is 23.9 Å². The molecule has 21 heavy (non-hydrogen) atoms. The maximum Gasteiger partial charge on any atom is 0.326 e. The fraction of sp³-hybridized carbons (Fsp3) is 0.429. The van der Waals surface area contributed by atoms with Crippen molar-refractivity contribution in [3.63, 3.8) is 0 Å². The number of piperidine rings is 1. The Morgan fingerprint density at radius 1 is 1.43 bits per heavy atom. The molecule has 3 heterocycles. The van der Waals surface area contributed by atoms with E-state index >= 15 is 0 Å². The molecule has 1 aliphatic heterocycles. The molecule has 0 saturated carbocycles. The Morgan fingerprint density at radius 3 is 3.00 bits per heavy atom. The summed E-state index contributed by atoms with van der Waals surface area (Å²) < 4.78 is 0. The number of aromatic amines is 1. The van der Waals surface area contributed by atoms with Crippen molar-refractivity contribution >= 4 is 22.9 Å². The number of carbonyl (C=O) groups excluding carboxylic acids is 1. The number of aliphatic carboxylic acids is 1. The molecule has 2 aromatic heterocycles. The summed E-state index contributed by atoms with van der Waals surface area (Å²) in [5.41, 5.74) is 1.79. The molecule has 1 saturated heterocycles. The molecule has 0 spiro atoms. The summed E-state index contributed by atoms with van der Waals surface area (Å²) in [6, 6.07) is 0.976. The second kappa shape index (κ2) is 5.16. The zero-order valence-electron chi connectivity index (χ0n) is 11.7. The third-order valence-corrected chi connectivity index (χ3v) is 3.90. The van der Waals surface area contributed by atoms with Gasteiger partial charge in [0.15, 0.2) is 5.65 Å². The lowest BCUT2D eigenvalue weighted by Crippen LogP contribution is -2.48. The number of H-pyrrole nitrogens is 1. The number of aryl methyl sites for hydroxylation is 1. The highest BCUT2D eigenvalue weighted by Crippen LogP contribution is 2.21. The van der Waals surface area contributed by atoms with E-state index in [1.807, 2.05) is 6.92 Å². The van der Waals surface area contributed by atoms with Gasteiger partial charge in [-0.3, -0.25) is 9.89 Å². The number of aromatic nitrogens is 3. The molecule has 7 heteroatoms. The molecular formula is C14H16N4O3. The van der Waals surface area contributed by atoms with Gasteiger partial charge in [-0.05, 0) is 32.3 Å². The average Bonchev–Trinajstić information content (AvgIpc) is 2.87. The van der Waals surface area contributed by atoms with Gasteiger partial charge in [0.25, 0.3) is 5.91 Å². The average molecular weight is 288 g/mol. The minimum atomic E-state index is -0.948. The van der Waals surface area contributed by atoms with Crippen molar-refractivity contribution in [3.05, 3.63) is 23.5 Å². The zero-order valence-corrected chi connectivity index (χ0v) is 11.7. The SMILES string of the molecule is Cc1[nH]nc2ncc(C(=O)N3CCCCC3C(=O)O)cc12. The number of rotatable bonds is 2. The molecule has 3 rings (SSSR count). The van der Waals surface area contributed by atoms with E-state index in [1.54, 1.807) is 6.07 Å². The highest BCUT2D eigenvalue weighted by Gasteiger charge is 2.32. The van der Waals surface area contributed by atoms with Gasteiger partial charge in [0.1, 0.15) is 6.04 Å². The quantitative estimate of drug-likeness (QED) is 0.869. The number of carboxylic acid groups (broad SMARTS) is 1. The zero-order chi connectivity index (χ0) is 15.0. The van der Waals surface area contributed by atoms with Crippen LogP contribution in [-0.4, -0.2) is 49.7 Å². The van der Waals surface area contributed by atoms with Crippen LogP contribution in [0.2, 0.25) is 0 Å². The molecular weight excluding hydrogens is 272 g/mol. The van der Waals surface area contributed by atoms with Gasteiger partial charge in [-0.15, -0.1) is 0 Å². The third kappa shape index (κ3) is 2.35. The number of amides is 1. The predicted molar refractivity (Wildman–Crippen MR) is 74.9 cm³/mol. The first-order valence-corrected chi connectivity index (χ1v) is 6.92. The Kier molecular flexibility index (Phi) is 3.32. The highest BCUT2D eigenvalue weighted by atomic mass is 16.4. The van der Waals surface area contributed by atoms with E-state index in [0.29, 0.717) is 24.2 Å². The standard InChI is InChI=1S/C14H16N4O3/c1-8-10-6-9(7-15-12(10)17-16-8)13(19)18-5-3-2-4-11(18)14(20)21/h6-7,11H,2-5H2,1H3,(H,20,21)(H,15,16,17). The number of carbonyl (C=O) groups is 2. The lowest BCUT2D eigenvalue weighted by Gasteiger charge is -2.32. The predicted octanol–water partition coefficient (Wildman–Crippen LogP) is 1.35. The van der Waals surface area contributed by atoms with Crippen LogP contribution in [-0.2, 0) is 4.79 Å². The van der Waals surface area contributed by atoms with E-state index in [1.165, 1.54) is 11.1 Å². The molecule has 1 atom stereocenters. The number of hydrogen-bond acceptors (Lipinski definition) is 4. The summed E-state index contributed by atoms with van der Waals surface area (Å²) in [5.74, 6) is -1.23. The lowest BCUT2D eigenvalue weighted by atomic mass is 10.0. The van der Waals surface area contributed by atoms with E-state index in [4.69, 9.17) is 0 Å². The van der Waals surface area contributed by atoms with Crippen molar-refractivity contribution in [2.45, 2.75) is 32.2 Å². The Balaban J connectivity index is 1.94. The molecule has 2 N–H and O–H groups in total. The normalized spacial score (nSPS) is 18.9. The van der Waals surface area contributed by atoms with Gasteiger partial charge < -0.3 is 10.0 Å². The first kappa shape index (κ1) is 13.5. The van der Waals surface area contributed by atoms with Crippen LogP contribution in [0, 0.1) is 6.92 Å². The molecule has 2 aromatic rings. The van der Waals surface area contributed by atoms with Crippen molar-refractivity contribution in [1.29, 1.82) is 0 Å². The van der Waals surface area contributed by atoms with Gasteiger partial charge in [-0.1, -0.05) is 0 Å². The summed E-state index contributed by atoms with van der Waals surface area (Å²) in [6.45, 7) is 2.32. The van der Waals surface area contributed by atoms with E-state index in [9.17, 15) is 14.7 Å². The molecule has 1 fully saturated rings. The van der Waals surface area contributed by atoms with Gasteiger partial charge in [0, 0.05) is 23.8 Å². The minimum Gasteiger partial charge on any atom is -0.480 e. The third-order valence-electron chi connectivity index (χ3n) is 3.90. The molecule has 1 unspecified atom stereocenters. The molecule has 0 radical (unpaired) electrons. The van der Waals surface area contributed by atoms with Crippen LogP contribution in [0.4, 0.5) is 0 Å². The number of fused-ring (bicyclic) bond motifs is 1. The molecule has 0 aliphatic carbocycles. The lowest BCUT2D eigenvalue weighted by molar-refractivity contribution is -0.143. The number of carboxylic acids is 1. The summed E-state index contributed by atoms with van der Waals surface area (Å²) >= 11 is 0. The summed E-state index contributed by atoms with van der Waals surface area (Å²) in [6.07, 6.45) is 3.62. The van der Waals surface area contributed by atoms with Crippen molar-refractivity contribution in [2.24, 2.45) is 0 Å². The summed E-state index contributed by atoms with van der Waals surface area (Å²) in [5, 5.41) is 16.9. The van der Waals surface area contributed by atoms with Gasteiger partial charge in [0.2, 0.25) is 0 Å². The van der Waals surface area contributed by atoms with Gasteiger partial charge in [-0.2, -0.15) is 5.10 Å². The highest BCUT2D eigenvalue weighted by molar-refractivity contribution is 5.99. The second-order valence-corrected chi connectivity index (χ2v) is 5.29. The van der Waals surface area contributed by atoms with Crippen LogP contribution in [0.1, 0.15) is 35.3 Å². The molecule has 7 nitrogen and oxygen atoms in total. The Bertz CT molecular complexity index is 709. The maximum absolute atomic E-state index is 12.6. The molecule has 0 bridgehead atoms. The van der Waals surface area contributed by atoms with Crippen molar-refractivity contribution in [2.75, 3.05) is 6.54 Å². The number of nitrogens with zero attached hydrogens (tertiary/aromatic N) is 3. The molecule has 110 valence electrons. The Labute approximate surface area is 121 Å². The molecule has 0 aromatic carbocycles. The van der Waals surface area contributed by atoms with Crippen LogP contribution in [0.25, 0.3) is 11.0 Å². The summed E-state index contributed by atoms with van der Waals surface area (Å²) in [7, 11) is 0. The van der Waals surface area contributed by atoms with Crippen molar-refractivity contribution < 1.29 is 14.7 Å². The van der Waals surface area contributed by atoms with Crippen LogP contribution < -0.4 is 0 Å². The van der Waals surface area contributed by atoms with E-state index in [-0.39, 0.29) is 5.91 Å². The molecule has 1 amide bonds. The van der Waals surface area contributed by atoms with Crippen LogP contribution >= 0.6 is 0 Å². The maximum atomic E-state index is 12.6. The minimum absolute atomic E-state index is 0.280. The Morgan fingerprint density at radius 2 is 2.24 bits per heavy atom. The van der Waals surface area contributed by atoms with E-state index < -0.39 is 12.0 Å². The smallest absolute Gasteiger partial charge is 0.326 e. The van der Waals surface area contributed by atoms with Crippen molar-refractivity contribution in [3.8, 4) is 0 Å². The second-order valence-electron chi connectivity index (χ2n) is 5.29. The van der Waals surface area contributed by atoms with Gasteiger partial charge in [0.05, 0.1) is 5.56 Å². The number of nitrogens with one attached hydrogen (secondary N) is 1. The largest absolute Gasteiger partial charge is 0.480 e. The number of hydrogen-bond donors (Lipinski definition) is 2. The van der Waals surface area contributed by atoms with Gasteiger partial charge in [-0.25, -0.2) is 9.78 Å². The summed E-state index contributed by atoms with van der Waals surface area (Å²) in [4.78, 5) is 29.5. The van der Waals surface area contributed by atoms with Crippen LogP contribution in [0.15, 0.2) is 12.3 Å². The topological polar surface area (TPSA) is 99.2 Å². The number of likely N-dealkylation sites (tertiary alicyclic amines) is 1. The fourth-order valence-electron chi connectivity index (χ4n) is 2.73. The first-order chi connectivity index (χ1) is 10.1. The number of pyridine rings is 1. The van der Waals surface area contributed by atoms with E-state index in [2.05, 4.69) is 15.2 Å². The fourth-order valence-corrected chi connectivity index (χ4v) is 2.73. The van der Waals surface area contributed by atoms with Crippen LogP contribution in [0.5, 0.6) is 0 Å². The Hall–Kier alpha value is -2.44. The van der Waals surface area contributed by atoms with Crippen LogP contribution in [0.3, 0.4) is 0 Å².